The van der Waals surface area contributed by atoms with E-state index in [9.17, 15) is 9.59 Å². The van der Waals surface area contributed by atoms with Crippen LogP contribution in [0.15, 0.2) is 28.7 Å². The molecular weight excluding hydrogens is 326 g/mol. The van der Waals surface area contributed by atoms with Crippen molar-refractivity contribution in [2.75, 3.05) is 13.7 Å². The summed E-state index contributed by atoms with van der Waals surface area (Å²) in [7, 11) is 1.52. The Balaban J connectivity index is 2.85. The van der Waals surface area contributed by atoms with Gasteiger partial charge in [-0.2, -0.15) is 0 Å². The molecule has 1 aromatic rings. The smallest absolute Gasteiger partial charge is 0.305 e. The summed E-state index contributed by atoms with van der Waals surface area (Å²) < 4.78 is 5.77. The molecule has 110 valence electrons. The van der Waals surface area contributed by atoms with Crippen LogP contribution in [0.4, 0.5) is 0 Å². The molecule has 0 saturated heterocycles. The molecule has 0 bridgehead atoms. The van der Waals surface area contributed by atoms with Crippen molar-refractivity contribution in [2.45, 2.75) is 19.4 Å². The number of rotatable bonds is 7. The molecule has 0 aromatic heterocycles. The van der Waals surface area contributed by atoms with Gasteiger partial charge in [-0.15, -0.1) is 0 Å². The van der Waals surface area contributed by atoms with Crippen molar-refractivity contribution in [3.05, 3.63) is 34.3 Å². The van der Waals surface area contributed by atoms with Crippen LogP contribution >= 0.6 is 15.9 Å². The van der Waals surface area contributed by atoms with E-state index in [4.69, 9.17) is 9.84 Å². The van der Waals surface area contributed by atoms with Crippen LogP contribution in [0.2, 0.25) is 0 Å². The van der Waals surface area contributed by atoms with Crippen LogP contribution in [0.1, 0.15) is 24.9 Å². The third-order valence-corrected chi connectivity index (χ3v) is 3.30. The number of carbonyl (C=O) groups excluding carboxylic acids is 1. The molecule has 0 saturated carbocycles. The molecule has 1 amide bonds. The number of carbonyl (C=O) groups is 2. The van der Waals surface area contributed by atoms with E-state index in [1.54, 1.807) is 25.1 Å². The predicted octanol–water partition coefficient (Wildman–Crippen LogP) is 2.36. The van der Waals surface area contributed by atoms with Crippen molar-refractivity contribution < 1.29 is 19.4 Å². The molecule has 0 fully saturated rings. The number of carboxylic acids is 1. The Hall–Kier alpha value is -1.40. The second-order valence-corrected chi connectivity index (χ2v) is 5.49. The third kappa shape index (κ3) is 5.30. The number of nitrogens with one attached hydrogen (secondary N) is 1. The fourth-order valence-corrected chi connectivity index (χ4v) is 2.21. The molecule has 2 N–H and O–H groups in total. The minimum absolute atomic E-state index is 0.165. The highest BCUT2D eigenvalue weighted by Gasteiger charge is 2.21. The molecule has 0 heterocycles. The number of hydrogen-bond donors (Lipinski definition) is 2. The van der Waals surface area contributed by atoms with Gasteiger partial charge < -0.3 is 15.2 Å². The van der Waals surface area contributed by atoms with Crippen LogP contribution in [0.3, 0.4) is 0 Å². The Morgan fingerprint density at radius 3 is 2.70 bits per heavy atom. The van der Waals surface area contributed by atoms with Crippen LogP contribution in [0.5, 0.6) is 0 Å². The monoisotopic (exact) mass is 343 g/mol. The first-order chi connectivity index (χ1) is 9.43. The van der Waals surface area contributed by atoms with E-state index >= 15 is 0 Å². The van der Waals surface area contributed by atoms with Crippen molar-refractivity contribution in [3.8, 4) is 0 Å². The van der Waals surface area contributed by atoms with Gasteiger partial charge in [0.05, 0.1) is 25.0 Å². The molecule has 1 aromatic carbocycles. The highest BCUT2D eigenvalue weighted by Crippen LogP contribution is 2.21. The van der Waals surface area contributed by atoms with Gasteiger partial charge in [-0.1, -0.05) is 35.0 Å². The molecule has 5 nitrogen and oxygen atoms in total. The van der Waals surface area contributed by atoms with Crippen LogP contribution in [0, 0.1) is 5.92 Å². The Morgan fingerprint density at radius 2 is 2.15 bits per heavy atom. The summed E-state index contributed by atoms with van der Waals surface area (Å²) in [6.07, 6.45) is -0.165. The maximum atomic E-state index is 12.0. The third-order valence-electron chi connectivity index (χ3n) is 2.81. The number of aliphatic carboxylic acids is 1. The Kier molecular flexibility index (Phi) is 6.67. The van der Waals surface area contributed by atoms with Crippen LogP contribution in [0.25, 0.3) is 0 Å². The predicted molar refractivity (Wildman–Crippen MR) is 78.3 cm³/mol. The average Bonchev–Trinajstić information content (AvgIpc) is 2.37. The molecule has 20 heavy (non-hydrogen) atoms. The summed E-state index contributed by atoms with van der Waals surface area (Å²) in [5.41, 5.74) is 0.750. The zero-order valence-electron chi connectivity index (χ0n) is 11.4. The van der Waals surface area contributed by atoms with Gasteiger partial charge in [0.1, 0.15) is 0 Å². The number of ether oxygens (including phenoxy) is 1. The summed E-state index contributed by atoms with van der Waals surface area (Å²) in [5, 5.41) is 11.7. The minimum atomic E-state index is -0.963. The number of carboxylic acid groups (broad SMARTS) is 1. The number of methoxy groups -OCH3 is 1. The van der Waals surface area contributed by atoms with Crippen molar-refractivity contribution in [2.24, 2.45) is 5.92 Å². The van der Waals surface area contributed by atoms with Crippen molar-refractivity contribution in [1.82, 2.24) is 5.32 Å². The minimum Gasteiger partial charge on any atom is -0.481 e. The van der Waals surface area contributed by atoms with Crippen LogP contribution < -0.4 is 5.32 Å². The zero-order valence-corrected chi connectivity index (χ0v) is 13.0. The van der Waals surface area contributed by atoms with Gasteiger partial charge >= 0.3 is 5.97 Å². The molecule has 0 spiro atoms. The quantitative estimate of drug-likeness (QED) is 0.796. The fraction of sp³-hybridized carbons (Fsp3) is 0.429. The van der Waals surface area contributed by atoms with E-state index in [1.807, 2.05) is 6.07 Å². The normalized spacial score (nSPS) is 13.6. The Morgan fingerprint density at radius 1 is 1.45 bits per heavy atom. The van der Waals surface area contributed by atoms with E-state index in [1.165, 1.54) is 7.11 Å². The first-order valence-corrected chi connectivity index (χ1v) is 7.00. The molecule has 0 aliphatic rings. The van der Waals surface area contributed by atoms with E-state index in [0.717, 1.165) is 10.0 Å². The summed E-state index contributed by atoms with van der Waals surface area (Å²) in [4.78, 5) is 22.9. The molecule has 0 radical (unpaired) electrons. The Labute approximate surface area is 126 Å². The van der Waals surface area contributed by atoms with Gasteiger partial charge in [-0.25, -0.2) is 0 Å². The fourth-order valence-electron chi connectivity index (χ4n) is 1.79. The number of halogens is 1. The van der Waals surface area contributed by atoms with Crippen LogP contribution in [-0.2, 0) is 14.3 Å². The van der Waals surface area contributed by atoms with Gasteiger partial charge in [0, 0.05) is 11.6 Å². The second-order valence-electron chi connectivity index (χ2n) is 4.57. The molecule has 6 heteroatoms. The maximum absolute atomic E-state index is 12.0. The molecule has 0 aliphatic carbocycles. The zero-order chi connectivity index (χ0) is 15.1. The Bertz CT molecular complexity index is 478. The summed E-state index contributed by atoms with van der Waals surface area (Å²) in [5.74, 6) is -1.52. The van der Waals surface area contributed by atoms with Gasteiger partial charge in [0.25, 0.3) is 0 Å². The van der Waals surface area contributed by atoms with Crippen molar-refractivity contribution in [1.29, 1.82) is 0 Å². The standard InChI is InChI=1S/C14H18BrNO4/c1-9(8-20-2)14(19)16-12(7-13(17)18)10-4-3-5-11(15)6-10/h3-6,9,12H,7-8H2,1-2H3,(H,16,19)(H,17,18). The lowest BCUT2D eigenvalue weighted by Gasteiger charge is -2.20. The lowest BCUT2D eigenvalue weighted by Crippen LogP contribution is -2.35. The lowest BCUT2D eigenvalue weighted by molar-refractivity contribution is -0.138. The first kappa shape index (κ1) is 16.7. The molecule has 1 rings (SSSR count). The summed E-state index contributed by atoms with van der Waals surface area (Å²) >= 11 is 3.34. The summed E-state index contributed by atoms with van der Waals surface area (Å²) in [6, 6.07) is 6.68. The number of benzene rings is 1. The van der Waals surface area contributed by atoms with E-state index in [0.29, 0.717) is 6.61 Å². The number of amides is 1. The van der Waals surface area contributed by atoms with Crippen LogP contribution in [-0.4, -0.2) is 30.7 Å². The molecule has 0 aliphatic heterocycles. The second kappa shape index (κ2) is 8.01. The van der Waals surface area contributed by atoms with Crippen molar-refractivity contribution >= 4 is 27.8 Å². The SMILES string of the molecule is COCC(C)C(=O)NC(CC(=O)O)c1cccc(Br)c1. The van der Waals surface area contributed by atoms with Gasteiger partial charge in [0.15, 0.2) is 0 Å². The van der Waals surface area contributed by atoms with Gasteiger partial charge in [-0.05, 0) is 17.7 Å². The van der Waals surface area contributed by atoms with E-state index < -0.39 is 12.0 Å². The maximum Gasteiger partial charge on any atom is 0.305 e. The van der Waals surface area contributed by atoms with E-state index in [2.05, 4.69) is 21.2 Å². The molecule has 2 unspecified atom stereocenters. The molecule has 2 atom stereocenters. The van der Waals surface area contributed by atoms with Gasteiger partial charge in [0.2, 0.25) is 5.91 Å². The molecular formula is C14H18BrNO4. The van der Waals surface area contributed by atoms with Crippen molar-refractivity contribution in [3.63, 3.8) is 0 Å². The summed E-state index contributed by atoms with van der Waals surface area (Å²) in [6.45, 7) is 2.03. The van der Waals surface area contributed by atoms with E-state index in [-0.39, 0.29) is 18.2 Å². The highest BCUT2D eigenvalue weighted by molar-refractivity contribution is 9.10. The lowest BCUT2D eigenvalue weighted by atomic mass is 10.0. The first-order valence-electron chi connectivity index (χ1n) is 6.20. The highest BCUT2D eigenvalue weighted by atomic mass is 79.9. The largest absolute Gasteiger partial charge is 0.481 e. The topological polar surface area (TPSA) is 75.6 Å². The average molecular weight is 344 g/mol. The van der Waals surface area contributed by atoms with Gasteiger partial charge in [-0.3, -0.25) is 9.59 Å². The number of hydrogen-bond acceptors (Lipinski definition) is 3.